The summed E-state index contributed by atoms with van der Waals surface area (Å²) in [6.07, 6.45) is 3.83. The molecule has 3 aromatic rings. The molecule has 0 radical (unpaired) electrons. The van der Waals surface area contributed by atoms with Crippen molar-refractivity contribution in [3.8, 4) is 0 Å². The quantitative estimate of drug-likeness (QED) is 0.524. The van der Waals surface area contributed by atoms with E-state index in [1.807, 2.05) is 0 Å². The van der Waals surface area contributed by atoms with E-state index in [9.17, 15) is 13.0 Å². The second-order valence-electron chi connectivity index (χ2n) is 5.52. The molecule has 0 spiro atoms. The Hall–Kier alpha value is -1.17. The van der Waals surface area contributed by atoms with E-state index in [-0.39, 0.29) is 34.5 Å². The van der Waals surface area contributed by atoms with Crippen molar-refractivity contribution in [2.75, 3.05) is 0 Å². The normalized spacial score (nSPS) is 10.5. The van der Waals surface area contributed by atoms with Gasteiger partial charge in [0, 0.05) is 0 Å². The molecule has 0 saturated carbocycles. The summed E-state index contributed by atoms with van der Waals surface area (Å²) in [5.74, 6) is 0. The van der Waals surface area contributed by atoms with Crippen LogP contribution >= 0.6 is 0 Å². The van der Waals surface area contributed by atoms with Crippen LogP contribution in [0.3, 0.4) is 0 Å². The Kier molecular flexibility index (Phi) is 9.39. The van der Waals surface area contributed by atoms with Crippen LogP contribution in [0.4, 0.5) is 0 Å². The first-order valence-electron chi connectivity index (χ1n) is 8.00. The van der Waals surface area contributed by atoms with Gasteiger partial charge in [-0.05, 0) is 35.2 Å². The van der Waals surface area contributed by atoms with Crippen molar-refractivity contribution in [3.63, 3.8) is 0 Å². The van der Waals surface area contributed by atoms with Crippen LogP contribution in [0.1, 0.15) is 25.3 Å². The van der Waals surface area contributed by atoms with Gasteiger partial charge in [0.05, 0.1) is 4.90 Å². The number of hydrogen-bond acceptors (Lipinski definition) is 3. The number of unbranched alkanes of at least 4 members (excludes halogenated alkanes) is 1. The molecule has 3 aromatic carbocycles. The van der Waals surface area contributed by atoms with E-state index in [0.29, 0.717) is 5.39 Å². The molecule has 0 saturated heterocycles. The van der Waals surface area contributed by atoms with E-state index in [0.717, 1.165) is 5.39 Å². The topological polar surface area (TPSA) is 57.2 Å². The Morgan fingerprint density at radius 1 is 0.840 bits per heavy atom. The first-order chi connectivity index (χ1) is 11.5. The minimum atomic E-state index is -4.38. The molecule has 0 heterocycles. The molecule has 0 N–H and O–H groups in total. The number of rotatable bonds is 4. The Morgan fingerprint density at radius 2 is 1.44 bits per heavy atom. The predicted molar refractivity (Wildman–Crippen MR) is 97.0 cm³/mol. The molecular formula is C20H21NaO3S. The molecule has 5 heteroatoms. The molecule has 0 bridgehead atoms. The predicted octanol–water partition coefficient (Wildman–Crippen LogP) is 1.78. The van der Waals surface area contributed by atoms with Crippen LogP contribution < -0.4 is 29.6 Å². The van der Waals surface area contributed by atoms with Crippen molar-refractivity contribution in [1.29, 1.82) is 0 Å². The summed E-state index contributed by atoms with van der Waals surface area (Å²) in [6, 6.07) is 22.2. The smallest absolute Gasteiger partial charge is 0.744 e. The maximum Gasteiger partial charge on any atom is 1.00 e. The van der Waals surface area contributed by atoms with Crippen LogP contribution in [0.15, 0.2) is 77.7 Å². The van der Waals surface area contributed by atoms with Crippen molar-refractivity contribution in [2.45, 2.75) is 31.1 Å². The van der Waals surface area contributed by atoms with Gasteiger partial charge in [0.15, 0.2) is 0 Å². The van der Waals surface area contributed by atoms with Gasteiger partial charge in [-0.2, -0.15) is 0 Å². The van der Waals surface area contributed by atoms with Crippen molar-refractivity contribution >= 4 is 20.9 Å². The van der Waals surface area contributed by atoms with Gasteiger partial charge in [0.1, 0.15) is 10.1 Å². The molecule has 3 nitrogen and oxygen atoms in total. The van der Waals surface area contributed by atoms with E-state index < -0.39 is 10.1 Å². The Balaban J connectivity index is 0.000000254. The Bertz CT molecular complexity index is 872. The Labute approximate surface area is 172 Å². The van der Waals surface area contributed by atoms with Crippen molar-refractivity contribution in [3.05, 3.63) is 78.4 Å². The number of fused-ring (bicyclic) bond motifs is 1. The molecule has 0 aliphatic rings. The maximum atomic E-state index is 10.9. The monoisotopic (exact) mass is 364 g/mol. The molecule has 0 aliphatic heterocycles. The fourth-order valence-electron chi connectivity index (χ4n) is 2.44. The standard InChI is InChI=1S/C10H8O3S.C10H14.Na/c11-14(12,13)10-7-3-5-8-4-1-2-6-9(8)10;1-2-3-7-10-8-5-4-6-9-10;/h1-7H,(H,11,12,13);4-6,8-9H,2-3,7H2,1H3;/q;;+1/p-1. The van der Waals surface area contributed by atoms with E-state index in [4.69, 9.17) is 0 Å². The Morgan fingerprint density at radius 3 is 2.08 bits per heavy atom. The summed E-state index contributed by atoms with van der Waals surface area (Å²) in [6.45, 7) is 2.23. The van der Waals surface area contributed by atoms with E-state index in [2.05, 4.69) is 37.3 Å². The first-order valence-corrected chi connectivity index (χ1v) is 9.41. The number of hydrogen-bond donors (Lipinski definition) is 0. The fraction of sp³-hybridized carbons (Fsp3) is 0.200. The summed E-state index contributed by atoms with van der Waals surface area (Å²) < 4.78 is 32.7. The van der Waals surface area contributed by atoms with Gasteiger partial charge in [-0.25, -0.2) is 8.42 Å². The van der Waals surface area contributed by atoms with E-state index in [1.54, 1.807) is 36.4 Å². The number of benzene rings is 3. The zero-order chi connectivity index (χ0) is 17.4. The molecule has 0 fully saturated rings. The first kappa shape index (κ1) is 21.9. The molecule has 126 valence electrons. The summed E-state index contributed by atoms with van der Waals surface area (Å²) in [5, 5.41) is 1.23. The minimum Gasteiger partial charge on any atom is -0.744 e. The van der Waals surface area contributed by atoms with Gasteiger partial charge in [-0.1, -0.05) is 80.1 Å². The summed E-state index contributed by atoms with van der Waals surface area (Å²) in [7, 11) is -4.38. The largest absolute Gasteiger partial charge is 1.00 e. The SMILES string of the molecule is CCCCc1ccccc1.O=S(=O)([O-])c1cccc2ccccc12.[Na+]. The van der Waals surface area contributed by atoms with Crippen LogP contribution in [0.25, 0.3) is 10.8 Å². The molecule has 0 atom stereocenters. The zero-order valence-corrected chi connectivity index (χ0v) is 17.5. The van der Waals surface area contributed by atoms with Crippen LogP contribution in [0.2, 0.25) is 0 Å². The van der Waals surface area contributed by atoms with Crippen LogP contribution in [0.5, 0.6) is 0 Å². The molecule has 0 aliphatic carbocycles. The second kappa shape index (κ2) is 10.7. The maximum absolute atomic E-state index is 10.9. The molecule has 0 aromatic heterocycles. The number of aryl methyl sites for hydroxylation is 1. The minimum absolute atomic E-state index is 0. The third-order valence-electron chi connectivity index (χ3n) is 3.68. The van der Waals surface area contributed by atoms with Gasteiger partial charge in [-0.3, -0.25) is 0 Å². The molecule has 0 unspecified atom stereocenters. The third-order valence-corrected chi connectivity index (χ3v) is 4.58. The summed E-state index contributed by atoms with van der Waals surface area (Å²) in [4.78, 5) is -0.157. The van der Waals surface area contributed by atoms with Crippen molar-refractivity contribution in [2.24, 2.45) is 0 Å². The second-order valence-corrected chi connectivity index (χ2v) is 6.87. The van der Waals surface area contributed by atoms with Gasteiger partial charge in [-0.15, -0.1) is 0 Å². The van der Waals surface area contributed by atoms with Crippen LogP contribution in [-0.4, -0.2) is 13.0 Å². The van der Waals surface area contributed by atoms with Crippen molar-refractivity contribution < 1.29 is 42.5 Å². The summed E-state index contributed by atoms with van der Waals surface area (Å²) >= 11 is 0. The van der Waals surface area contributed by atoms with E-state index >= 15 is 0 Å². The zero-order valence-electron chi connectivity index (χ0n) is 14.7. The third kappa shape index (κ3) is 6.92. The average molecular weight is 364 g/mol. The van der Waals surface area contributed by atoms with Gasteiger partial charge < -0.3 is 4.55 Å². The van der Waals surface area contributed by atoms with Crippen LogP contribution in [0, 0.1) is 0 Å². The van der Waals surface area contributed by atoms with Gasteiger partial charge >= 0.3 is 29.6 Å². The van der Waals surface area contributed by atoms with Crippen molar-refractivity contribution in [1.82, 2.24) is 0 Å². The fourth-order valence-corrected chi connectivity index (χ4v) is 3.14. The average Bonchev–Trinajstić information content (AvgIpc) is 2.60. The summed E-state index contributed by atoms with van der Waals surface area (Å²) in [5.41, 5.74) is 1.46. The van der Waals surface area contributed by atoms with Crippen LogP contribution in [-0.2, 0) is 16.5 Å². The van der Waals surface area contributed by atoms with Gasteiger partial charge in [0.2, 0.25) is 0 Å². The molecule has 25 heavy (non-hydrogen) atoms. The van der Waals surface area contributed by atoms with Gasteiger partial charge in [0.25, 0.3) is 0 Å². The molecular weight excluding hydrogens is 343 g/mol. The molecule has 0 amide bonds. The molecule has 3 rings (SSSR count). The van der Waals surface area contributed by atoms with E-state index in [1.165, 1.54) is 30.9 Å².